The van der Waals surface area contributed by atoms with E-state index in [0.29, 0.717) is 35.7 Å². The molecule has 0 aliphatic carbocycles. The molecule has 168 valence electrons. The molecule has 1 heterocycles. The lowest BCUT2D eigenvalue weighted by Gasteiger charge is -2.34. The van der Waals surface area contributed by atoms with Crippen molar-refractivity contribution in [2.24, 2.45) is 0 Å². The normalized spacial score (nSPS) is 16.6. The summed E-state index contributed by atoms with van der Waals surface area (Å²) in [5.41, 5.74) is 0.830. The van der Waals surface area contributed by atoms with Gasteiger partial charge < -0.3 is 14.8 Å². The van der Waals surface area contributed by atoms with Crippen LogP contribution in [0.3, 0.4) is 0 Å². The molecule has 1 saturated heterocycles. The Morgan fingerprint density at radius 1 is 1.13 bits per heavy atom. The quantitative estimate of drug-likeness (QED) is 0.670. The van der Waals surface area contributed by atoms with Crippen LogP contribution in [0.4, 0.5) is 10.1 Å². The summed E-state index contributed by atoms with van der Waals surface area (Å²) < 4.78 is 52.1. The first-order valence-corrected chi connectivity index (χ1v) is 11.2. The molecule has 31 heavy (non-hydrogen) atoms. The van der Waals surface area contributed by atoms with Crippen molar-refractivity contribution in [3.63, 3.8) is 0 Å². The number of anilines is 1. The van der Waals surface area contributed by atoms with Gasteiger partial charge in [0.25, 0.3) is 10.2 Å². The third kappa shape index (κ3) is 5.45. The maximum absolute atomic E-state index is 13.4. The summed E-state index contributed by atoms with van der Waals surface area (Å²) in [6, 6.07) is 8.77. The van der Waals surface area contributed by atoms with Gasteiger partial charge in [-0.05, 0) is 30.2 Å². The lowest BCUT2D eigenvalue weighted by molar-refractivity contribution is -0.116. The monoisotopic (exact) mass is 471 g/mol. The van der Waals surface area contributed by atoms with E-state index in [1.165, 1.54) is 48.9 Å². The van der Waals surface area contributed by atoms with Gasteiger partial charge in [0.05, 0.1) is 31.5 Å². The van der Waals surface area contributed by atoms with Crippen LogP contribution in [0.1, 0.15) is 12.0 Å². The average molecular weight is 472 g/mol. The number of methoxy groups -OCH3 is 2. The van der Waals surface area contributed by atoms with Gasteiger partial charge >= 0.3 is 0 Å². The van der Waals surface area contributed by atoms with Crippen LogP contribution in [-0.4, -0.2) is 56.8 Å². The lowest BCUT2D eigenvalue weighted by Crippen LogP contribution is -2.51. The SMILES string of the molecule is COc1cc(OC)c(NC(=O)CN2CCCN(Cc3cccc(F)c3)S2(=O)=O)cc1Cl. The summed E-state index contributed by atoms with van der Waals surface area (Å²) in [7, 11) is -1.01. The van der Waals surface area contributed by atoms with Crippen molar-refractivity contribution in [1.82, 2.24) is 8.61 Å². The Labute approximate surface area is 185 Å². The van der Waals surface area contributed by atoms with Crippen molar-refractivity contribution in [1.29, 1.82) is 0 Å². The summed E-state index contributed by atoms with van der Waals surface area (Å²) >= 11 is 6.11. The van der Waals surface area contributed by atoms with Gasteiger partial charge in [-0.3, -0.25) is 4.79 Å². The highest BCUT2D eigenvalue weighted by Crippen LogP contribution is 2.36. The number of halogens is 2. The predicted molar refractivity (Wildman–Crippen MR) is 115 cm³/mol. The Bertz CT molecular complexity index is 1070. The number of nitrogens with zero attached hydrogens (tertiary/aromatic N) is 2. The molecule has 1 aliphatic rings. The molecule has 1 amide bonds. The van der Waals surface area contributed by atoms with Crippen LogP contribution in [0.25, 0.3) is 0 Å². The Hall–Kier alpha value is -2.40. The van der Waals surface area contributed by atoms with Crippen molar-refractivity contribution in [2.75, 3.05) is 39.2 Å². The van der Waals surface area contributed by atoms with Crippen molar-refractivity contribution in [2.45, 2.75) is 13.0 Å². The topological polar surface area (TPSA) is 88.2 Å². The Morgan fingerprint density at radius 2 is 1.84 bits per heavy atom. The fourth-order valence-electron chi connectivity index (χ4n) is 3.29. The van der Waals surface area contributed by atoms with Gasteiger partial charge in [0.1, 0.15) is 17.3 Å². The largest absolute Gasteiger partial charge is 0.495 e. The number of hydrogen-bond donors (Lipinski definition) is 1. The van der Waals surface area contributed by atoms with Gasteiger partial charge in [-0.2, -0.15) is 17.0 Å². The molecule has 0 bridgehead atoms. The number of nitrogens with one attached hydrogen (secondary N) is 1. The molecule has 8 nitrogen and oxygen atoms in total. The number of hydrogen-bond acceptors (Lipinski definition) is 5. The van der Waals surface area contributed by atoms with E-state index in [2.05, 4.69) is 5.32 Å². The third-order valence-corrected chi connectivity index (χ3v) is 7.01. The van der Waals surface area contributed by atoms with Crippen LogP contribution in [-0.2, 0) is 21.5 Å². The molecule has 1 aliphatic heterocycles. The molecule has 0 spiro atoms. The number of ether oxygens (including phenoxy) is 2. The maximum atomic E-state index is 13.4. The van der Waals surface area contributed by atoms with Gasteiger partial charge in [0.15, 0.2) is 0 Å². The van der Waals surface area contributed by atoms with E-state index in [9.17, 15) is 17.6 Å². The summed E-state index contributed by atoms with van der Waals surface area (Å²) in [6.07, 6.45) is 0.541. The van der Waals surface area contributed by atoms with Gasteiger partial charge in [-0.1, -0.05) is 23.7 Å². The van der Waals surface area contributed by atoms with Crippen LogP contribution in [0.15, 0.2) is 36.4 Å². The molecular weight excluding hydrogens is 449 g/mol. The zero-order valence-corrected chi connectivity index (χ0v) is 18.7. The van der Waals surface area contributed by atoms with Crippen LogP contribution < -0.4 is 14.8 Å². The highest BCUT2D eigenvalue weighted by atomic mass is 35.5. The summed E-state index contributed by atoms with van der Waals surface area (Å²) in [6.45, 7) is 0.143. The van der Waals surface area contributed by atoms with Gasteiger partial charge in [-0.25, -0.2) is 4.39 Å². The Balaban J connectivity index is 1.71. The summed E-state index contributed by atoms with van der Waals surface area (Å²) in [5, 5.41) is 2.90. The second kappa shape index (κ2) is 9.82. The molecule has 0 radical (unpaired) electrons. The number of carbonyl (C=O) groups is 1. The minimum absolute atomic E-state index is 0.0279. The Morgan fingerprint density at radius 3 is 2.52 bits per heavy atom. The fraction of sp³-hybridized carbons (Fsp3) is 0.350. The molecule has 2 aromatic rings. The second-order valence-electron chi connectivity index (χ2n) is 6.89. The van der Waals surface area contributed by atoms with E-state index in [1.54, 1.807) is 6.07 Å². The zero-order valence-electron chi connectivity index (χ0n) is 17.1. The molecule has 0 saturated carbocycles. The van der Waals surface area contributed by atoms with Crippen molar-refractivity contribution >= 4 is 33.4 Å². The lowest BCUT2D eigenvalue weighted by atomic mass is 10.2. The third-order valence-electron chi connectivity index (χ3n) is 4.78. The van der Waals surface area contributed by atoms with Crippen molar-refractivity contribution in [3.8, 4) is 11.5 Å². The first kappa shape index (κ1) is 23.3. The fourth-order valence-corrected chi connectivity index (χ4v) is 5.16. The molecule has 3 rings (SSSR count). The van der Waals surface area contributed by atoms with E-state index in [1.807, 2.05) is 0 Å². The van der Waals surface area contributed by atoms with Crippen LogP contribution in [0, 0.1) is 5.82 Å². The predicted octanol–water partition coefficient (Wildman–Crippen LogP) is 2.89. The minimum Gasteiger partial charge on any atom is -0.495 e. The molecule has 11 heteroatoms. The number of carbonyl (C=O) groups excluding carboxylic acids is 1. The Kier molecular flexibility index (Phi) is 7.37. The first-order valence-electron chi connectivity index (χ1n) is 9.45. The highest BCUT2D eigenvalue weighted by Gasteiger charge is 2.34. The van der Waals surface area contributed by atoms with Gasteiger partial charge in [0, 0.05) is 25.7 Å². The molecule has 0 aromatic heterocycles. The standard InChI is InChI=1S/C20H23ClFN3O5S/c1-29-18-11-19(30-2)17(10-16(18)21)23-20(26)13-25-8-4-7-24(31(25,27)28)12-14-5-3-6-15(22)9-14/h3,5-6,9-11H,4,7-8,12-13H2,1-2H3,(H,23,26). The number of amides is 1. The zero-order chi connectivity index (χ0) is 22.6. The molecule has 1 fully saturated rings. The van der Waals surface area contributed by atoms with E-state index in [0.717, 1.165) is 4.31 Å². The van der Waals surface area contributed by atoms with Crippen molar-refractivity contribution in [3.05, 3.63) is 52.8 Å². The van der Waals surface area contributed by atoms with Crippen LogP contribution in [0.2, 0.25) is 5.02 Å². The minimum atomic E-state index is -3.89. The highest BCUT2D eigenvalue weighted by molar-refractivity contribution is 7.86. The smallest absolute Gasteiger partial charge is 0.282 e. The van der Waals surface area contributed by atoms with E-state index in [-0.39, 0.29) is 24.7 Å². The van der Waals surface area contributed by atoms with E-state index >= 15 is 0 Å². The number of rotatable bonds is 7. The molecule has 2 aromatic carbocycles. The molecular formula is C20H23ClFN3O5S. The van der Waals surface area contributed by atoms with Gasteiger partial charge in [0.2, 0.25) is 5.91 Å². The summed E-state index contributed by atoms with van der Waals surface area (Å²) in [4.78, 5) is 12.6. The van der Waals surface area contributed by atoms with Crippen LogP contribution >= 0.6 is 11.6 Å². The first-order chi connectivity index (χ1) is 14.7. The van der Waals surface area contributed by atoms with E-state index < -0.39 is 21.9 Å². The van der Waals surface area contributed by atoms with E-state index in [4.69, 9.17) is 21.1 Å². The van der Waals surface area contributed by atoms with Crippen LogP contribution in [0.5, 0.6) is 11.5 Å². The molecule has 0 unspecified atom stereocenters. The summed E-state index contributed by atoms with van der Waals surface area (Å²) in [5.74, 6) is -0.280. The van der Waals surface area contributed by atoms with Crippen molar-refractivity contribution < 1.29 is 27.1 Å². The number of benzene rings is 2. The molecule has 0 atom stereocenters. The van der Waals surface area contributed by atoms with Gasteiger partial charge in [-0.15, -0.1) is 0 Å². The average Bonchev–Trinajstić information content (AvgIpc) is 2.71. The molecule has 1 N–H and O–H groups in total. The second-order valence-corrected chi connectivity index (χ2v) is 9.23. The maximum Gasteiger partial charge on any atom is 0.282 e.